The fourth-order valence-corrected chi connectivity index (χ4v) is 0.765. The minimum atomic E-state index is -0.233. The molecule has 0 spiro atoms. The first kappa shape index (κ1) is 9.84. The summed E-state index contributed by atoms with van der Waals surface area (Å²) in [4.78, 5) is 0. The minimum Gasteiger partial charge on any atom is -0.330 e. The van der Waals surface area contributed by atoms with Crippen molar-refractivity contribution in [3.63, 3.8) is 0 Å². The van der Waals surface area contributed by atoms with Crippen LogP contribution >= 0.6 is 0 Å². The summed E-state index contributed by atoms with van der Waals surface area (Å²) in [5.41, 5.74) is 21.6. The van der Waals surface area contributed by atoms with Crippen molar-refractivity contribution >= 4 is 0 Å². The molecule has 0 aliphatic rings. The Morgan fingerprint density at radius 3 is 1.90 bits per heavy atom. The molecule has 0 amide bonds. The highest BCUT2D eigenvalue weighted by atomic mass is 14.8. The average molecular weight is 146 g/mol. The van der Waals surface area contributed by atoms with Crippen LogP contribution < -0.4 is 22.9 Å². The average Bonchev–Trinajstić information content (AvgIpc) is 1.85. The van der Waals surface area contributed by atoms with Gasteiger partial charge in [0.2, 0.25) is 0 Å². The number of hydrogen-bond acceptors (Lipinski definition) is 4. The summed E-state index contributed by atoms with van der Waals surface area (Å²) in [5, 5.41) is 0. The third kappa shape index (κ3) is 5.97. The van der Waals surface area contributed by atoms with Crippen molar-refractivity contribution in [2.75, 3.05) is 6.54 Å². The van der Waals surface area contributed by atoms with Crippen LogP contribution in [0.3, 0.4) is 0 Å². The molecule has 10 heavy (non-hydrogen) atoms. The first-order chi connectivity index (χ1) is 4.66. The monoisotopic (exact) mass is 146 g/mol. The molecule has 0 saturated carbocycles. The Balaban J connectivity index is 3.12. The van der Waals surface area contributed by atoms with E-state index in [1.807, 2.05) is 0 Å². The Bertz CT molecular complexity index is 74.1. The van der Waals surface area contributed by atoms with Crippen molar-refractivity contribution in [2.24, 2.45) is 22.9 Å². The molecule has 0 aromatic rings. The maximum Gasteiger partial charge on any atom is 0.0521 e. The fourth-order valence-electron chi connectivity index (χ4n) is 0.765. The van der Waals surface area contributed by atoms with E-state index in [0.717, 1.165) is 19.3 Å². The Morgan fingerprint density at radius 1 is 0.900 bits per heavy atom. The van der Waals surface area contributed by atoms with Crippen LogP contribution in [0.15, 0.2) is 0 Å². The summed E-state index contributed by atoms with van der Waals surface area (Å²) in [6, 6.07) is 0.166. The molecule has 4 heteroatoms. The van der Waals surface area contributed by atoms with E-state index in [1.165, 1.54) is 0 Å². The van der Waals surface area contributed by atoms with Crippen molar-refractivity contribution in [3.05, 3.63) is 0 Å². The van der Waals surface area contributed by atoms with Crippen LogP contribution in [-0.4, -0.2) is 18.8 Å². The van der Waals surface area contributed by atoms with E-state index in [4.69, 9.17) is 22.9 Å². The molecule has 4 nitrogen and oxygen atoms in total. The van der Waals surface area contributed by atoms with Gasteiger partial charge in [0.25, 0.3) is 0 Å². The van der Waals surface area contributed by atoms with Crippen molar-refractivity contribution in [3.8, 4) is 0 Å². The van der Waals surface area contributed by atoms with Gasteiger partial charge in [-0.3, -0.25) is 0 Å². The van der Waals surface area contributed by atoms with Gasteiger partial charge >= 0.3 is 0 Å². The van der Waals surface area contributed by atoms with E-state index in [1.54, 1.807) is 0 Å². The topological polar surface area (TPSA) is 104 Å². The summed E-state index contributed by atoms with van der Waals surface area (Å²) >= 11 is 0. The highest BCUT2D eigenvalue weighted by molar-refractivity contribution is 4.64. The van der Waals surface area contributed by atoms with E-state index < -0.39 is 0 Å². The van der Waals surface area contributed by atoms with Gasteiger partial charge in [0, 0.05) is 6.04 Å². The van der Waals surface area contributed by atoms with Gasteiger partial charge in [0.1, 0.15) is 0 Å². The Labute approximate surface area is 61.9 Å². The van der Waals surface area contributed by atoms with Crippen molar-refractivity contribution in [1.29, 1.82) is 0 Å². The van der Waals surface area contributed by atoms with Gasteiger partial charge in [-0.25, -0.2) is 0 Å². The predicted octanol–water partition coefficient (Wildman–Crippen LogP) is -1.31. The summed E-state index contributed by atoms with van der Waals surface area (Å²) in [7, 11) is 0. The molecule has 1 unspecified atom stereocenters. The molecular weight excluding hydrogens is 128 g/mol. The fraction of sp³-hybridized carbons (Fsp3) is 1.00. The van der Waals surface area contributed by atoms with Crippen molar-refractivity contribution in [1.82, 2.24) is 0 Å². The molecular formula is C6H18N4. The molecule has 0 saturated heterocycles. The third-order valence-corrected chi connectivity index (χ3v) is 1.41. The largest absolute Gasteiger partial charge is 0.330 e. The highest BCUT2D eigenvalue weighted by Crippen LogP contribution is 1.97. The molecule has 0 radical (unpaired) electrons. The Hall–Kier alpha value is -0.160. The molecule has 0 aliphatic heterocycles. The van der Waals surface area contributed by atoms with E-state index in [2.05, 4.69) is 0 Å². The lowest BCUT2D eigenvalue weighted by Gasteiger charge is -2.10. The highest BCUT2D eigenvalue weighted by Gasteiger charge is 2.02. The molecule has 0 bridgehead atoms. The second-order valence-electron chi connectivity index (χ2n) is 2.58. The van der Waals surface area contributed by atoms with Crippen molar-refractivity contribution < 1.29 is 0 Å². The third-order valence-electron chi connectivity index (χ3n) is 1.41. The van der Waals surface area contributed by atoms with Gasteiger partial charge in [-0.05, 0) is 25.8 Å². The minimum absolute atomic E-state index is 0.166. The first-order valence-corrected chi connectivity index (χ1v) is 3.63. The lowest BCUT2D eigenvalue weighted by atomic mass is 10.1. The number of nitrogens with two attached hydrogens (primary N) is 4. The zero-order valence-corrected chi connectivity index (χ0v) is 6.29. The number of rotatable bonds is 5. The normalized spacial score (nSPS) is 14.1. The quantitative estimate of drug-likeness (QED) is 0.361. The summed E-state index contributed by atoms with van der Waals surface area (Å²) in [6.07, 6.45) is 2.27. The summed E-state index contributed by atoms with van der Waals surface area (Å²) < 4.78 is 0. The van der Waals surface area contributed by atoms with E-state index in [0.29, 0.717) is 6.54 Å². The lowest BCUT2D eigenvalue weighted by Crippen LogP contribution is -2.33. The Morgan fingerprint density at radius 2 is 1.50 bits per heavy atom. The van der Waals surface area contributed by atoms with Crippen LogP contribution in [0.2, 0.25) is 0 Å². The van der Waals surface area contributed by atoms with Gasteiger partial charge in [0.15, 0.2) is 0 Å². The zero-order chi connectivity index (χ0) is 7.98. The predicted molar refractivity (Wildman–Crippen MR) is 43.0 cm³/mol. The molecule has 0 aliphatic carbocycles. The molecule has 8 N–H and O–H groups in total. The lowest BCUT2D eigenvalue weighted by molar-refractivity contribution is 0.508. The van der Waals surface area contributed by atoms with E-state index in [-0.39, 0.29) is 12.2 Å². The van der Waals surface area contributed by atoms with Crippen molar-refractivity contribution in [2.45, 2.75) is 31.5 Å². The van der Waals surface area contributed by atoms with Gasteiger partial charge < -0.3 is 22.9 Å². The van der Waals surface area contributed by atoms with Crippen LogP contribution in [0, 0.1) is 0 Å². The van der Waals surface area contributed by atoms with Gasteiger partial charge in [0.05, 0.1) is 6.17 Å². The maximum absolute atomic E-state index is 5.64. The first-order valence-electron chi connectivity index (χ1n) is 3.63. The van der Waals surface area contributed by atoms with Crippen LogP contribution in [0.4, 0.5) is 0 Å². The van der Waals surface area contributed by atoms with E-state index in [9.17, 15) is 0 Å². The molecule has 0 heterocycles. The summed E-state index contributed by atoms with van der Waals surface area (Å²) in [5.74, 6) is 0. The molecule has 0 aromatic heterocycles. The molecule has 1 atom stereocenters. The molecule has 62 valence electrons. The number of hydrogen-bond donors (Lipinski definition) is 4. The molecule has 0 rings (SSSR count). The molecule has 0 aromatic carbocycles. The van der Waals surface area contributed by atoms with Crippen LogP contribution in [0.5, 0.6) is 0 Å². The van der Waals surface area contributed by atoms with Gasteiger partial charge in [-0.2, -0.15) is 0 Å². The molecule has 0 fully saturated rings. The zero-order valence-electron chi connectivity index (χ0n) is 6.29. The Kier molecular flexibility index (Phi) is 5.52. The van der Waals surface area contributed by atoms with Gasteiger partial charge in [-0.1, -0.05) is 0 Å². The van der Waals surface area contributed by atoms with Crippen LogP contribution in [0.1, 0.15) is 19.3 Å². The smallest absolute Gasteiger partial charge is 0.0521 e. The standard InChI is InChI=1S/C6H18N4/c7-4-3-5(8)1-2-6(9)10/h5-6H,1-4,7-10H2. The summed E-state index contributed by atoms with van der Waals surface area (Å²) in [6.45, 7) is 0.640. The van der Waals surface area contributed by atoms with E-state index >= 15 is 0 Å². The van der Waals surface area contributed by atoms with Gasteiger partial charge in [-0.15, -0.1) is 0 Å². The SMILES string of the molecule is NCCC(N)CCC(N)N. The van der Waals surface area contributed by atoms with Crippen LogP contribution in [-0.2, 0) is 0 Å². The maximum atomic E-state index is 5.64. The van der Waals surface area contributed by atoms with Crippen LogP contribution in [0.25, 0.3) is 0 Å². The second kappa shape index (κ2) is 5.61. The second-order valence-corrected chi connectivity index (χ2v) is 2.58.